The van der Waals surface area contributed by atoms with E-state index in [9.17, 15) is 9.59 Å². The number of hydrogen-bond acceptors (Lipinski definition) is 6. The van der Waals surface area contributed by atoms with Crippen molar-refractivity contribution < 1.29 is 9.59 Å². The van der Waals surface area contributed by atoms with E-state index in [1.807, 2.05) is 0 Å². The number of carbonyl (C=O) groups is 2. The molecule has 1 saturated heterocycles. The lowest BCUT2D eigenvalue weighted by Crippen LogP contribution is -2.40. The Balaban J connectivity index is 1.52. The van der Waals surface area contributed by atoms with Gasteiger partial charge >= 0.3 is 0 Å². The molecule has 0 spiro atoms. The van der Waals surface area contributed by atoms with Gasteiger partial charge in [0, 0.05) is 30.9 Å². The summed E-state index contributed by atoms with van der Waals surface area (Å²) in [6.07, 6.45) is 3.54. The predicted molar refractivity (Wildman–Crippen MR) is 118 cm³/mol. The van der Waals surface area contributed by atoms with E-state index in [-0.39, 0.29) is 23.8 Å². The van der Waals surface area contributed by atoms with Crippen molar-refractivity contribution in [2.45, 2.75) is 38.6 Å². The van der Waals surface area contributed by atoms with Crippen LogP contribution in [-0.2, 0) is 17.6 Å². The van der Waals surface area contributed by atoms with Crippen molar-refractivity contribution in [1.82, 2.24) is 15.2 Å². The molecule has 0 aromatic carbocycles. The quantitative estimate of drug-likeness (QED) is 0.754. The predicted octanol–water partition coefficient (Wildman–Crippen LogP) is 3.45. The van der Waals surface area contributed by atoms with Gasteiger partial charge in [-0.15, -0.1) is 22.7 Å². The first-order valence-electron chi connectivity index (χ1n) is 10.0. The van der Waals surface area contributed by atoms with Crippen molar-refractivity contribution in [2.75, 3.05) is 31.6 Å². The van der Waals surface area contributed by atoms with Crippen molar-refractivity contribution in [2.24, 2.45) is 5.92 Å². The highest BCUT2D eigenvalue weighted by molar-refractivity contribution is 7.18. The number of hydrogen-bond donors (Lipinski definition) is 1. The Kier molecular flexibility index (Phi) is 6.24. The minimum Gasteiger partial charge on any atom is -0.346 e. The molecule has 0 bridgehead atoms. The molecule has 2 atom stereocenters. The van der Waals surface area contributed by atoms with E-state index in [1.54, 1.807) is 28.4 Å². The third-order valence-corrected chi connectivity index (χ3v) is 8.02. The van der Waals surface area contributed by atoms with Crippen molar-refractivity contribution in [3.8, 4) is 0 Å². The van der Waals surface area contributed by atoms with Crippen LogP contribution in [0.2, 0.25) is 4.34 Å². The van der Waals surface area contributed by atoms with Gasteiger partial charge in [-0.05, 0) is 32.0 Å². The molecule has 0 saturated carbocycles. The van der Waals surface area contributed by atoms with Gasteiger partial charge in [0.1, 0.15) is 0 Å². The lowest BCUT2D eigenvalue weighted by atomic mass is 9.97. The summed E-state index contributed by atoms with van der Waals surface area (Å²) in [7, 11) is 2.13. The molecule has 4 rings (SSSR count). The maximum absolute atomic E-state index is 13.2. The highest BCUT2D eigenvalue weighted by atomic mass is 35.5. The maximum Gasteiger partial charge on any atom is 0.261 e. The Labute approximate surface area is 183 Å². The molecule has 0 aliphatic carbocycles. The zero-order valence-corrected chi connectivity index (χ0v) is 19.0. The summed E-state index contributed by atoms with van der Waals surface area (Å²) in [5, 5.41) is 3.85. The number of thiophene rings is 1. The number of anilines is 1. The summed E-state index contributed by atoms with van der Waals surface area (Å²) >= 11 is 8.85. The normalized spacial score (nSPS) is 22.6. The second-order valence-electron chi connectivity index (χ2n) is 7.70. The Hall–Kier alpha value is -1.48. The third-order valence-electron chi connectivity index (χ3n) is 5.61. The van der Waals surface area contributed by atoms with Gasteiger partial charge in [-0.3, -0.25) is 14.5 Å². The van der Waals surface area contributed by atoms with Crippen LogP contribution in [0.4, 0.5) is 5.13 Å². The molecular formula is C20H25ClN4O2S2. The first kappa shape index (κ1) is 20.8. The van der Waals surface area contributed by atoms with Gasteiger partial charge in [0.25, 0.3) is 5.91 Å². The molecule has 2 aromatic heterocycles. The van der Waals surface area contributed by atoms with Crippen molar-refractivity contribution in [3.63, 3.8) is 0 Å². The molecule has 2 aromatic rings. The van der Waals surface area contributed by atoms with Gasteiger partial charge in [-0.2, -0.15) is 0 Å². The van der Waals surface area contributed by atoms with Crippen LogP contribution in [0.1, 0.15) is 40.0 Å². The number of nitrogens with zero attached hydrogens (tertiary/aromatic N) is 3. The fraction of sp³-hybridized carbons (Fsp3) is 0.550. The Morgan fingerprint density at radius 3 is 2.83 bits per heavy atom. The molecule has 0 unspecified atom stereocenters. The number of carbonyl (C=O) groups excluding carboxylic acids is 2. The second kappa shape index (κ2) is 8.71. The number of amides is 2. The van der Waals surface area contributed by atoms with Gasteiger partial charge in [0.2, 0.25) is 5.91 Å². The molecule has 156 valence electrons. The SMILES string of the molecule is CCC[C@H]1C(=O)N(c2nc3c(s2)CCN(C)CC3)C[C@@H]1NC(=O)c1ccc(Cl)s1. The Morgan fingerprint density at radius 1 is 1.31 bits per heavy atom. The second-order valence-corrected chi connectivity index (χ2v) is 10.5. The molecule has 2 aliphatic rings. The fourth-order valence-electron chi connectivity index (χ4n) is 3.99. The zero-order chi connectivity index (χ0) is 20.5. The lowest BCUT2D eigenvalue weighted by molar-refractivity contribution is -0.120. The lowest BCUT2D eigenvalue weighted by Gasteiger charge is -2.17. The average molecular weight is 453 g/mol. The highest BCUT2D eigenvalue weighted by Gasteiger charge is 2.42. The van der Waals surface area contributed by atoms with Crippen LogP contribution in [0, 0.1) is 5.92 Å². The van der Waals surface area contributed by atoms with E-state index in [0.29, 0.717) is 15.8 Å². The van der Waals surface area contributed by atoms with Crippen LogP contribution in [0.5, 0.6) is 0 Å². The Morgan fingerprint density at radius 2 is 2.10 bits per heavy atom. The molecule has 4 heterocycles. The van der Waals surface area contributed by atoms with Gasteiger partial charge in [-0.1, -0.05) is 24.9 Å². The molecule has 1 fully saturated rings. The summed E-state index contributed by atoms with van der Waals surface area (Å²) in [6, 6.07) is 3.22. The van der Waals surface area contributed by atoms with E-state index >= 15 is 0 Å². The molecular weight excluding hydrogens is 428 g/mol. The Bertz CT molecular complexity index is 887. The maximum atomic E-state index is 13.2. The summed E-state index contributed by atoms with van der Waals surface area (Å²) in [5.41, 5.74) is 1.12. The minimum atomic E-state index is -0.217. The molecule has 6 nitrogen and oxygen atoms in total. The van der Waals surface area contributed by atoms with E-state index < -0.39 is 0 Å². The van der Waals surface area contributed by atoms with E-state index in [2.05, 4.69) is 24.2 Å². The molecule has 9 heteroatoms. The van der Waals surface area contributed by atoms with Crippen molar-refractivity contribution in [1.29, 1.82) is 0 Å². The van der Waals surface area contributed by atoms with Crippen LogP contribution >= 0.6 is 34.3 Å². The van der Waals surface area contributed by atoms with E-state index in [0.717, 1.165) is 49.6 Å². The van der Waals surface area contributed by atoms with E-state index in [4.69, 9.17) is 16.6 Å². The first-order chi connectivity index (χ1) is 14.0. The molecule has 0 radical (unpaired) electrons. The van der Waals surface area contributed by atoms with Crippen LogP contribution < -0.4 is 10.2 Å². The summed E-state index contributed by atoms with van der Waals surface area (Å²) < 4.78 is 0.583. The number of nitrogens with one attached hydrogen (secondary N) is 1. The number of halogens is 1. The topological polar surface area (TPSA) is 65.5 Å². The zero-order valence-electron chi connectivity index (χ0n) is 16.6. The van der Waals surface area contributed by atoms with Crippen LogP contribution in [0.15, 0.2) is 12.1 Å². The molecule has 2 amide bonds. The van der Waals surface area contributed by atoms with Crippen molar-refractivity contribution in [3.05, 3.63) is 31.9 Å². The average Bonchev–Trinajstić information content (AvgIpc) is 3.35. The largest absolute Gasteiger partial charge is 0.346 e. The van der Waals surface area contributed by atoms with Crippen LogP contribution in [-0.4, -0.2) is 54.4 Å². The van der Waals surface area contributed by atoms with Gasteiger partial charge in [0.15, 0.2) is 5.13 Å². The monoisotopic (exact) mass is 452 g/mol. The van der Waals surface area contributed by atoms with E-state index in [1.165, 1.54) is 16.2 Å². The highest BCUT2D eigenvalue weighted by Crippen LogP contribution is 2.34. The number of rotatable bonds is 5. The molecule has 2 aliphatic heterocycles. The van der Waals surface area contributed by atoms with Gasteiger partial charge < -0.3 is 10.2 Å². The minimum absolute atomic E-state index is 0.0717. The van der Waals surface area contributed by atoms with Crippen molar-refractivity contribution >= 4 is 51.2 Å². The summed E-state index contributed by atoms with van der Waals surface area (Å²) in [6.45, 7) is 4.55. The third kappa shape index (κ3) is 4.35. The fourth-order valence-corrected chi connectivity index (χ4v) is 6.05. The first-order valence-corrected chi connectivity index (χ1v) is 12.0. The van der Waals surface area contributed by atoms with Crippen LogP contribution in [0.3, 0.4) is 0 Å². The van der Waals surface area contributed by atoms with Gasteiger partial charge in [-0.25, -0.2) is 4.98 Å². The summed E-state index contributed by atoms with van der Waals surface area (Å²) in [4.78, 5) is 36.6. The smallest absolute Gasteiger partial charge is 0.261 e. The number of fused-ring (bicyclic) bond motifs is 1. The number of aromatic nitrogens is 1. The molecule has 1 N–H and O–H groups in total. The number of thiazole rings is 1. The molecule has 29 heavy (non-hydrogen) atoms. The number of likely N-dealkylation sites (N-methyl/N-ethyl adjacent to an activating group) is 1. The summed E-state index contributed by atoms with van der Waals surface area (Å²) in [5.74, 6) is -0.308. The standard InChI is InChI=1S/C20H25ClN4O2S2/c1-3-4-12-14(22-18(26)16-5-6-17(21)28-16)11-25(19(12)27)20-23-13-7-9-24(2)10-8-15(13)29-20/h5-6,12,14H,3-4,7-11H2,1-2H3,(H,22,26)/t12-,14+/m1/s1. The van der Waals surface area contributed by atoms with Gasteiger partial charge in [0.05, 0.1) is 26.9 Å². The van der Waals surface area contributed by atoms with Crippen LogP contribution in [0.25, 0.3) is 0 Å².